The number of amides is 2. The molecule has 1 aliphatic heterocycles. The van der Waals surface area contributed by atoms with Gasteiger partial charge in [0.2, 0.25) is 11.8 Å². The van der Waals surface area contributed by atoms with Crippen molar-refractivity contribution in [3.05, 3.63) is 54.1 Å². The van der Waals surface area contributed by atoms with Crippen molar-refractivity contribution in [2.24, 2.45) is 0 Å². The molecule has 0 radical (unpaired) electrons. The molecule has 1 unspecified atom stereocenters. The van der Waals surface area contributed by atoms with Gasteiger partial charge >= 0.3 is 0 Å². The number of thioether (sulfide) groups is 1. The summed E-state index contributed by atoms with van der Waals surface area (Å²) >= 11 is 1.68. The van der Waals surface area contributed by atoms with Crippen LogP contribution in [0.4, 0.5) is 5.69 Å². The van der Waals surface area contributed by atoms with Crippen molar-refractivity contribution in [3.8, 4) is 5.75 Å². The molecule has 0 bridgehead atoms. The van der Waals surface area contributed by atoms with E-state index >= 15 is 0 Å². The van der Waals surface area contributed by atoms with E-state index in [1.807, 2.05) is 48.5 Å². The predicted octanol–water partition coefficient (Wildman–Crippen LogP) is 4.71. The Morgan fingerprint density at radius 3 is 2.57 bits per heavy atom. The molecule has 0 aromatic heterocycles. The summed E-state index contributed by atoms with van der Waals surface area (Å²) in [5, 5.41) is 3.14. The van der Waals surface area contributed by atoms with Crippen molar-refractivity contribution in [2.45, 2.75) is 54.7 Å². The lowest BCUT2D eigenvalue weighted by atomic mass is 9.95. The molecule has 2 aliphatic rings. The Morgan fingerprint density at radius 2 is 1.83 bits per heavy atom. The van der Waals surface area contributed by atoms with E-state index in [-0.39, 0.29) is 29.7 Å². The van der Waals surface area contributed by atoms with Crippen LogP contribution in [0.3, 0.4) is 0 Å². The Labute approximate surface area is 182 Å². The maximum Gasteiger partial charge on any atom is 0.240 e. The lowest BCUT2D eigenvalue weighted by Crippen LogP contribution is -2.45. The summed E-state index contributed by atoms with van der Waals surface area (Å²) in [4.78, 5) is 28.6. The van der Waals surface area contributed by atoms with Crippen LogP contribution in [0.25, 0.3) is 0 Å². The van der Waals surface area contributed by atoms with Crippen molar-refractivity contribution < 1.29 is 14.3 Å². The average molecular weight is 425 g/mol. The van der Waals surface area contributed by atoms with Crippen molar-refractivity contribution in [3.63, 3.8) is 0 Å². The highest BCUT2D eigenvalue weighted by Gasteiger charge is 2.30. The van der Waals surface area contributed by atoms with Gasteiger partial charge < -0.3 is 15.0 Å². The molecule has 0 saturated heterocycles. The zero-order valence-electron chi connectivity index (χ0n) is 17.3. The highest BCUT2D eigenvalue weighted by atomic mass is 32.2. The zero-order valence-corrected chi connectivity index (χ0v) is 18.1. The fourth-order valence-electron chi connectivity index (χ4n) is 4.22. The van der Waals surface area contributed by atoms with E-state index in [1.54, 1.807) is 23.8 Å². The van der Waals surface area contributed by atoms with Crippen molar-refractivity contribution >= 4 is 29.3 Å². The SMILES string of the molecule is COc1ccc(C2CC(=O)N(CC(=O)NC3CCCCC3)c3ccccc3S2)cc1. The summed E-state index contributed by atoms with van der Waals surface area (Å²) in [5.41, 5.74) is 1.90. The number of carbonyl (C=O) groups excluding carboxylic acids is 2. The number of anilines is 1. The third-order valence-electron chi connectivity index (χ3n) is 5.85. The van der Waals surface area contributed by atoms with E-state index in [0.717, 1.165) is 47.6 Å². The van der Waals surface area contributed by atoms with E-state index in [2.05, 4.69) is 5.32 Å². The van der Waals surface area contributed by atoms with Crippen LogP contribution in [0, 0.1) is 0 Å². The van der Waals surface area contributed by atoms with Crippen molar-refractivity contribution in [1.29, 1.82) is 0 Å². The Morgan fingerprint density at radius 1 is 1.10 bits per heavy atom. The second-order valence-electron chi connectivity index (χ2n) is 7.93. The molecule has 2 aromatic rings. The van der Waals surface area contributed by atoms with Gasteiger partial charge in [0.05, 0.1) is 12.8 Å². The van der Waals surface area contributed by atoms with Gasteiger partial charge in [-0.05, 0) is 42.7 Å². The monoisotopic (exact) mass is 424 g/mol. The van der Waals surface area contributed by atoms with Gasteiger partial charge in [0, 0.05) is 22.6 Å². The van der Waals surface area contributed by atoms with E-state index in [0.29, 0.717) is 6.42 Å². The molecule has 158 valence electrons. The first kappa shape index (κ1) is 20.8. The van der Waals surface area contributed by atoms with Crippen LogP contribution in [0.1, 0.15) is 49.3 Å². The van der Waals surface area contributed by atoms with Crippen molar-refractivity contribution in [2.75, 3.05) is 18.6 Å². The lowest BCUT2D eigenvalue weighted by Gasteiger charge is -2.26. The molecule has 5 nitrogen and oxygen atoms in total. The summed E-state index contributed by atoms with van der Waals surface area (Å²) in [7, 11) is 1.64. The highest BCUT2D eigenvalue weighted by Crippen LogP contribution is 2.45. The van der Waals surface area contributed by atoms with Gasteiger partial charge in [0.25, 0.3) is 0 Å². The first-order valence-electron chi connectivity index (χ1n) is 10.6. The standard InChI is InChI=1S/C24H28N2O3S/c1-29-19-13-11-17(12-14-19)22-15-24(28)26(20-9-5-6-10-21(20)30-22)16-23(27)25-18-7-3-2-4-8-18/h5-6,9-14,18,22H,2-4,7-8,15-16H2,1H3,(H,25,27). The molecule has 1 N–H and O–H groups in total. The van der Waals surface area contributed by atoms with Gasteiger partial charge in [-0.1, -0.05) is 43.5 Å². The Hall–Kier alpha value is -2.47. The second kappa shape index (κ2) is 9.56. The number of fused-ring (bicyclic) bond motifs is 1. The van der Waals surface area contributed by atoms with Gasteiger partial charge in [-0.25, -0.2) is 0 Å². The fourth-order valence-corrected chi connectivity index (χ4v) is 5.50. The average Bonchev–Trinajstić information content (AvgIpc) is 2.91. The zero-order chi connectivity index (χ0) is 20.9. The van der Waals surface area contributed by atoms with Gasteiger partial charge in [0.15, 0.2) is 0 Å². The van der Waals surface area contributed by atoms with E-state index in [9.17, 15) is 9.59 Å². The molecule has 1 heterocycles. The van der Waals surface area contributed by atoms with Crippen LogP contribution >= 0.6 is 11.8 Å². The molecule has 0 spiro atoms. The number of carbonyl (C=O) groups is 2. The Bertz CT molecular complexity index is 894. The number of ether oxygens (including phenoxy) is 1. The van der Waals surface area contributed by atoms with Gasteiger partial charge in [0.1, 0.15) is 12.3 Å². The van der Waals surface area contributed by atoms with Gasteiger partial charge in [-0.2, -0.15) is 0 Å². The molecule has 1 aliphatic carbocycles. The van der Waals surface area contributed by atoms with Crippen LogP contribution in [0.5, 0.6) is 5.75 Å². The third kappa shape index (κ3) is 4.81. The summed E-state index contributed by atoms with van der Waals surface area (Å²) < 4.78 is 5.26. The Balaban J connectivity index is 1.53. The van der Waals surface area contributed by atoms with Crippen LogP contribution in [0.2, 0.25) is 0 Å². The van der Waals surface area contributed by atoms with Crippen LogP contribution < -0.4 is 15.0 Å². The molecule has 2 amide bonds. The highest BCUT2D eigenvalue weighted by molar-refractivity contribution is 7.99. The molecule has 2 aromatic carbocycles. The predicted molar refractivity (Wildman–Crippen MR) is 120 cm³/mol. The molecule has 6 heteroatoms. The fraction of sp³-hybridized carbons (Fsp3) is 0.417. The maximum absolute atomic E-state index is 13.2. The number of methoxy groups -OCH3 is 1. The molecule has 4 rings (SSSR count). The molecule has 1 fully saturated rings. The minimum Gasteiger partial charge on any atom is -0.497 e. The second-order valence-corrected chi connectivity index (χ2v) is 9.18. The van der Waals surface area contributed by atoms with E-state index < -0.39 is 0 Å². The van der Waals surface area contributed by atoms with Crippen LogP contribution in [0.15, 0.2) is 53.4 Å². The van der Waals surface area contributed by atoms with Gasteiger partial charge in [-0.15, -0.1) is 11.8 Å². The minimum absolute atomic E-state index is 0.00374. The number of rotatable bonds is 5. The first-order valence-corrected chi connectivity index (χ1v) is 11.5. The molecule has 1 saturated carbocycles. The molecular formula is C24H28N2O3S. The molecular weight excluding hydrogens is 396 g/mol. The Kier molecular flexibility index (Phi) is 6.62. The number of nitrogens with one attached hydrogen (secondary N) is 1. The maximum atomic E-state index is 13.2. The largest absolute Gasteiger partial charge is 0.497 e. The number of hydrogen-bond donors (Lipinski definition) is 1. The number of nitrogens with zero attached hydrogens (tertiary/aromatic N) is 1. The normalized spacial score (nSPS) is 19.7. The third-order valence-corrected chi connectivity index (χ3v) is 7.17. The van der Waals surface area contributed by atoms with Crippen LogP contribution in [-0.2, 0) is 9.59 Å². The van der Waals surface area contributed by atoms with Crippen molar-refractivity contribution in [1.82, 2.24) is 5.32 Å². The molecule has 30 heavy (non-hydrogen) atoms. The summed E-state index contributed by atoms with van der Waals surface area (Å²) in [6.07, 6.45) is 5.99. The topological polar surface area (TPSA) is 58.6 Å². The first-order chi connectivity index (χ1) is 14.6. The summed E-state index contributed by atoms with van der Waals surface area (Å²) in [5.74, 6) is 0.704. The lowest BCUT2D eigenvalue weighted by molar-refractivity contribution is -0.124. The number of para-hydroxylation sites is 1. The van der Waals surface area contributed by atoms with Crippen LogP contribution in [-0.4, -0.2) is 31.5 Å². The van der Waals surface area contributed by atoms with Gasteiger partial charge in [-0.3, -0.25) is 9.59 Å². The van der Waals surface area contributed by atoms with E-state index in [4.69, 9.17) is 4.74 Å². The summed E-state index contributed by atoms with van der Waals surface area (Å²) in [6.45, 7) is 0.0717. The molecule has 1 atom stereocenters. The smallest absolute Gasteiger partial charge is 0.240 e. The number of benzene rings is 2. The quantitative estimate of drug-likeness (QED) is 0.755. The van der Waals surface area contributed by atoms with E-state index in [1.165, 1.54) is 6.42 Å². The number of hydrogen-bond acceptors (Lipinski definition) is 4. The minimum atomic E-state index is -0.0713. The summed E-state index contributed by atoms with van der Waals surface area (Å²) in [6, 6.07) is 16.0.